The molecule has 1 unspecified atom stereocenters. The lowest BCUT2D eigenvalue weighted by atomic mass is 10.2. The molecule has 2 N–H and O–H groups in total. The zero-order valence-electron chi connectivity index (χ0n) is 19.0. The Bertz CT molecular complexity index is 707. The van der Waals surface area contributed by atoms with Crippen molar-refractivity contribution < 1.29 is 42.4 Å². The minimum absolute atomic E-state index is 0.00146. The fourth-order valence-corrected chi connectivity index (χ4v) is 3.66. The average Bonchev–Trinajstić information content (AvgIpc) is 2.63. The van der Waals surface area contributed by atoms with E-state index in [-0.39, 0.29) is 19.6 Å². The molecule has 1 aromatic carbocycles. The second kappa shape index (κ2) is 13.7. The lowest BCUT2D eigenvalue weighted by Crippen LogP contribution is -2.42. The molecule has 0 saturated heterocycles. The maximum atomic E-state index is 12.2. The molecule has 1 aromatic rings. The monoisotopic (exact) mass is 462 g/mol. The van der Waals surface area contributed by atoms with E-state index in [1.807, 2.05) is 45.4 Å². The van der Waals surface area contributed by atoms with Crippen LogP contribution in [0, 0.1) is 0 Å². The van der Waals surface area contributed by atoms with Gasteiger partial charge in [-0.15, -0.1) is 0 Å². The zero-order valence-corrected chi connectivity index (χ0v) is 19.9. The molecule has 0 heterocycles. The highest BCUT2D eigenvalue weighted by atomic mass is 31.2. The van der Waals surface area contributed by atoms with Gasteiger partial charge < -0.3 is 24.0 Å². The number of likely N-dealkylation sites (N-methyl/N-ethyl adjacent to an activating group) is 1. The van der Waals surface area contributed by atoms with Gasteiger partial charge in [0.25, 0.3) is 0 Å². The first-order valence-corrected chi connectivity index (χ1v) is 12.0. The molecule has 2 atom stereocenters. The highest BCUT2D eigenvalue weighted by Gasteiger charge is 2.31. The number of unbranched alkanes of at least 4 members (excludes halogenated alkanes) is 2. The van der Waals surface area contributed by atoms with Gasteiger partial charge in [0.15, 0.2) is 0 Å². The number of phosphoric acid groups is 1. The Kier molecular flexibility index (Phi) is 12.1. The number of rotatable bonds is 17. The summed E-state index contributed by atoms with van der Waals surface area (Å²) < 4.78 is 34.0. The van der Waals surface area contributed by atoms with Crippen molar-refractivity contribution in [2.24, 2.45) is 0 Å². The Morgan fingerprint density at radius 1 is 1.06 bits per heavy atom. The summed E-state index contributed by atoms with van der Waals surface area (Å²) in [5, 5.41) is 8.99. The van der Waals surface area contributed by atoms with E-state index in [4.69, 9.17) is 23.6 Å². The number of benzene rings is 1. The number of aliphatic carboxylic acids is 1. The van der Waals surface area contributed by atoms with E-state index in [2.05, 4.69) is 6.92 Å². The summed E-state index contributed by atoms with van der Waals surface area (Å²) in [7, 11) is 1.18. The molecule has 0 aliphatic heterocycles. The van der Waals surface area contributed by atoms with E-state index >= 15 is 0 Å². The summed E-state index contributed by atoms with van der Waals surface area (Å²) in [5.41, 5.74) is 0. The fourth-order valence-electron chi connectivity index (χ4n) is 2.72. The fraction of sp³-hybridized carbons (Fsp3) is 0.667. The molecule has 0 fully saturated rings. The van der Waals surface area contributed by atoms with Crippen molar-refractivity contribution in [3.05, 3.63) is 24.3 Å². The number of nitrogens with zero attached hydrogens (tertiary/aromatic N) is 1. The van der Waals surface area contributed by atoms with Gasteiger partial charge in [0.1, 0.15) is 24.1 Å². The maximum absolute atomic E-state index is 12.2. The Hall–Kier alpha value is -1.64. The first-order valence-electron chi connectivity index (χ1n) is 10.5. The molecule has 1 rings (SSSR count). The number of hydrogen-bond acceptors (Lipinski definition) is 6. The van der Waals surface area contributed by atoms with Crippen LogP contribution in [0.3, 0.4) is 0 Å². The number of quaternary nitrogens is 1. The third kappa shape index (κ3) is 14.1. The molecule has 31 heavy (non-hydrogen) atoms. The number of carbonyl (C=O) groups is 1. The first-order chi connectivity index (χ1) is 14.5. The predicted molar refractivity (Wildman–Crippen MR) is 117 cm³/mol. The van der Waals surface area contributed by atoms with E-state index < -0.39 is 19.9 Å². The van der Waals surface area contributed by atoms with E-state index in [1.165, 1.54) is 0 Å². The maximum Gasteiger partial charge on any atom is 0.472 e. The van der Waals surface area contributed by atoms with Crippen molar-refractivity contribution in [1.29, 1.82) is 0 Å². The third-order valence-corrected chi connectivity index (χ3v) is 5.14. The summed E-state index contributed by atoms with van der Waals surface area (Å²) in [6, 6.07) is 7.42. The highest BCUT2D eigenvalue weighted by molar-refractivity contribution is 7.47. The molecule has 0 bridgehead atoms. The lowest BCUT2D eigenvalue weighted by Gasteiger charge is -2.29. The van der Waals surface area contributed by atoms with Crippen LogP contribution < -0.4 is 9.47 Å². The minimum atomic E-state index is -4.35. The summed E-state index contributed by atoms with van der Waals surface area (Å²) in [5.74, 6) is 0.357. The summed E-state index contributed by atoms with van der Waals surface area (Å²) >= 11 is 0. The molecule has 0 aliphatic rings. The molecule has 0 aliphatic carbocycles. The molecular formula is C21H37NO8P+. The molecule has 0 spiro atoms. The van der Waals surface area contributed by atoms with Crippen molar-refractivity contribution in [1.82, 2.24) is 0 Å². The zero-order chi connectivity index (χ0) is 23.3. The third-order valence-electron chi connectivity index (χ3n) is 4.07. The number of carboxylic acids is 1. The predicted octanol–water partition coefficient (Wildman–Crippen LogP) is 3.71. The summed E-state index contributed by atoms with van der Waals surface area (Å²) in [6.07, 6.45) is 1.86. The van der Waals surface area contributed by atoms with Gasteiger partial charge in [-0.25, -0.2) is 4.57 Å². The van der Waals surface area contributed by atoms with Gasteiger partial charge in [0.05, 0.1) is 47.4 Å². The Morgan fingerprint density at radius 2 is 1.65 bits per heavy atom. The highest BCUT2D eigenvalue weighted by Crippen LogP contribution is 2.45. The molecule has 0 amide bonds. The van der Waals surface area contributed by atoms with E-state index in [0.29, 0.717) is 36.3 Å². The lowest BCUT2D eigenvalue weighted by molar-refractivity contribution is -0.873. The molecule has 10 heteroatoms. The number of phosphoric ester groups is 1. The standard InChI is InChI=1S/C21H36NO8P/c1-5-6-12-27-18-10-9-11-19(15-18)28-13-7-8-14-29-31(25,26)30-20(16-21(23)24)17-22(2,3)4/h9-11,15,20H,5-8,12-14,16-17H2,1-4H3,(H-,23,24,25,26)/p+1/t20-/m1/s1. The van der Waals surface area contributed by atoms with Crippen LogP contribution in [0.5, 0.6) is 11.5 Å². The molecule has 0 saturated carbocycles. The largest absolute Gasteiger partial charge is 0.493 e. The molecule has 9 nitrogen and oxygen atoms in total. The SMILES string of the molecule is CCCCOc1cccc(OCCCCOP(=O)(O)O[C@H](CC(=O)O)C[N+](C)(C)C)c1. The summed E-state index contributed by atoms with van der Waals surface area (Å²) in [6.45, 7) is 3.45. The second-order valence-electron chi connectivity index (χ2n) is 8.33. The van der Waals surface area contributed by atoms with E-state index in [0.717, 1.165) is 18.6 Å². The van der Waals surface area contributed by atoms with Gasteiger partial charge in [-0.1, -0.05) is 19.4 Å². The second-order valence-corrected chi connectivity index (χ2v) is 9.74. The number of hydrogen-bond donors (Lipinski definition) is 2. The quantitative estimate of drug-likeness (QED) is 0.205. The molecule has 0 aromatic heterocycles. The van der Waals surface area contributed by atoms with Crippen LogP contribution in [0.4, 0.5) is 0 Å². The summed E-state index contributed by atoms with van der Waals surface area (Å²) in [4.78, 5) is 20.9. The molecule has 178 valence electrons. The van der Waals surface area contributed by atoms with Crippen LogP contribution >= 0.6 is 7.82 Å². The van der Waals surface area contributed by atoms with Crippen LogP contribution in [-0.4, -0.2) is 74.1 Å². The van der Waals surface area contributed by atoms with Gasteiger partial charge in [0, 0.05) is 6.07 Å². The van der Waals surface area contributed by atoms with Crippen LogP contribution in [0.15, 0.2) is 24.3 Å². The van der Waals surface area contributed by atoms with Crippen molar-refractivity contribution in [3.8, 4) is 11.5 Å². The minimum Gasteiger partial charge on any atom is -0.493 e. The number of ether oxygens (including phenoxy) is 2. The smallest absolute Gasteiger partial charge is 0.472 e. The van der Waals surface area contributed by atoms with Crippen molar-refractivity contribution in [2.45, 2.75) is 45.1 Å². The van der Waals surface area contributed by atoms with Gasteiger partial charge in [0.2, 0.25) is 0 Å². The molecular weight excluding hydrogens is 425 g/mol. The van der Waals surface area contributed by atoms with Crippen LogP contribution in [0.1, 0.15) is 39.0 Å². The van der Waals surface area contributed by atoms with Crippen molar-refractivity contribution >= 4 is 13.8 Å². The van der Waals surface area contributed by atoms with Gasteiger partial charge >= 0.3 is 13.8 Å². The van der Waals surface area contributed by atoms with Gasteiger partial charge in [-0.2, -0.15) is 0 Å². The van der Waals surface area contributed by atoms with Crippen molar-refractivity contribution in [2.75, 3.05) is 47.5 Å². The van der Waals surface area contributed by atoms with Crippen LogP contribution in [-0.2, 0) is 18.4 Å². The Morgan fingerprint density at radius 3 is 2.19 bits per heavy atom. The topological polar surface area (TPSA) is 112 Å². The normalized spacial score (nSPS) is 14.6. The van der Waals surface area contributed by atoms with E-state index in [9.17, 15) is 14.3 Å². The molecule has 0 radical (unpaired) electrons. The number of carboxylic acid groups (broad SMARTS) is 1. The van der Waals surface area contributed by atoms with Crippen LogP contribution in [0.2, 0.25) is 0 Å². The van der Waals surface area contributed by atoms with Crippen LogP contribution in [0.25, 0.3) is 0 Å². The van der Waals surface area contributed by atoms with Gasteiger partial charge in [-0.05, 0) is 31.4 Å². The average molecular weight is 463 g/mol. The first kappa shape index (κ1) is 27.4. The Labute approximate surface area is 185 Å². The van der Waals surface area contributed by atoms with Gasteiger partial charge in [-0.3, -0.25) is 13.8 Å². The van der Waals surface area contributed by atoms with Crippen molar-refractivity contribution in [3.63, 3.8) is 0 Å². The van der Waals surface area contributed by atoms with E-state index in [1.54, 1.807) is 0 Å². The Balaban J connectivity index is 2.33.